The van der Waals surface area contributed by atoms with Crippen molar-refractivity contribution in [3.05, 3.63) is 58.7 Å². The smallest absolute Gasteiger partial charge is 0.267 e. The quantitative estimate of drug-likeness (QED) is 0.754. The maximum atomic E-state index is 12.8. The third-order valence-electron chi connectivity index (χ3n) is 4.94. The van der Waals surface area contributed by atoms with Crippen LogP contribution in [-0.2, 0) is 16.1 Å². The number of hydrogen-bond donors (Lipinski definition) is 0. The fourth-order valence-corrected chi connectivity index (χ4v) is 3.20. The normalized spacial score (nSPS) is 17.3. The van der Waals surface area contributed by atoms with E-state index in [1.807, 2.05) is 26.0 Å². The lowest BCUT2D eigenvalue weighted by Gasteiger charge is -2.30. The van der Waals surface area contributed by atoms with E-state index in [9.17, 15) is 9.59 Å². The van der Waals surface area contributed by atoms with E-state index < -0.39 is 12.2 Å². The number of ketones is 1. The molecule has 0 spiro atoms. The van der Waals surface area contributed by atoms with Gasteiger partial charge in [0, 0.05) is 12.6 Å². The number of aryl methyl sites for hydroxylation is 2. The van der Waals surface area contributed by atoms with Gasteiger partial charge in [-0.2, -0.15) is 0 Å². The van der Waals surface area contributed by atoms with E-state index in [0.717, 1.165) is 11.1 Å². The van der Waals surface area contributed by atoms with Gasteiger partial charge in [0.25, 0.3) is 5.91 Å². The zero-order valence-electron chi connectivity index (χ0n) is 16.4. The molecule has 1 heterocycles. The number of rotatable bonds is 5. The minimum Gasteiger partial charge on any atom is -0.479 e. The minimum atomic E-state index is -0.590. The summed E-state index contributed by atoms with van der Waals surface area (Å²) in [6.45, 7) is 7.92. The average molecular weight is 367 g/mol. The summed E-state index contributed by atoms with van der Waals surface area (Å²) in [7, 11) is 1.69. The molecule has 1 aliphatic heterocycles. The number of hydrogen-bond acceptors (Lipinski definition) is 4. The van der Waals surface area contributed by atoms with Crippen molar-refractivity contribution in [1.29, 1.82) is 0 Å². The second-order valence-electron chi connectivity index (χ2n) is 7.09. The summed E-state index contributed by atoms with van der Waals surface area (Å²) >= 11 is 0. The van der Waals surface area contributed by atoms with Gasteiger partial charge in [0.05, 0.1) is 12.3 Å². The molecule has 1 aliphatic rings. The van der Waals surface area contributed by atoms with E-state index in [-0.39, 0.29) is 11.7 Å². The van der Waals surface area contributed by atoms with Crippen molar-refractivity contribution in [2.45, 2.75) is 46.5 Å². The largest absolute Gasteiger partial charge is 0.479 e. The number of anilines is 1. The lowest BCUT2D eigenvalue weighted by Crippen LogP contribution is -2.42. The van der Waals surface area contributed by atoms with Gasteiger partial charge < -0.3 is 14.4 Å². The Balaban J connectivity index is 1.73. The number of nitrogens with zero attached hydrogens (tertiary/aromatic N) is 1. The molecule has 0 aliphatic carbocycles. The molecular formula is C22H25NO4. The van der Waals surface area contributed by atoms with Gasteiger partial charge in [0.15, 0.2) is 11.9 Å². The molecule has 0 radical (unpaired) electrons. The first-order chi connectivity index (χ1) is 12.8. The molecule has 0 bridgehead atoms. The van der Waals surface area contributed by atoms with E-state index in [4.69, 9.17) is 9.47 Å². The molecule has 5 nitrogen and oxygen atoms in total. The Morgan fingerprint density at radius 1 is 1.22 bits per heavy atom. The van der Waals surface area contributed by atoms with E-state index in [1.165, 1.54) is 10.5 Å². The van der Waals surface area contributed by atoms with Crippen molar-refractivity contribution in [3.8, 4) is 5.75 Å². The Labute approximate surface area is 159 Å². The Morgan fingerprint density at radius 2 is 1.96 bits per heavy atom. The lowest BCUT2D eigenvalue weighted by molar-refractivity contribution is -0.125. The summed E-state index contributed by atoms with van der Waals surface area (Å²) in [5.41, 5.74) is 4.52. The number of amides is 1. The maximum absolute atomic E-state index is 12.8. The van der Waals surface area contributed by atoms with Crippen LogP contribution in [0.25, 0.3) is 0 Å². The summed E-state index contributed by atoms with van der Waals surface area (Å²) < 4.78 is 11.4. The van der Waals surface area contributed by atoms with Gasteiger partial charge in [-0.1, -0.05) is 23.8 Å². The number of fused-ring (bicyclic) bond motifs is 1. The first-order valence-electron chi connectivity index (χ1n) is 9.08. The molecule has 5 heteroatoms. The van der Waals surface area contributed by atoms with Gasteiger partial charge in [0.2, 0.25) is 0 Å². The van der Waals surface area contributed by atoms with Crippen LogP contribution in [0, 0.1) is 13.8 Å². The Kier molecular flexibility index (Phi) is 5.33. The third-order valence-corrected chi connectivity index (χ3v) is 4.94. The Hall–Kier alpha value is -2.66. The molecule has 2 atom stereocenters. The van der Waals surface area contributed by atoms with Gasteiger partial charge in [-0.25, -0.2) is 0 Å². The van der Waals surface area contributed by atoms with Crippen molar-refractivity contribution in [2.75, 3.05) is 11.9 Å². The highest BCUT2D eigenvalue weighted by Crippen LogP contribution is 2.34. The molecule has 2 aromatic carbocycles. The highest BCUT2D eigenvalue weighted by atomic mass is 16.5. The van der Waals surface area contributed by atoms with Gasteiger partial charge in [0.1, 0.15) is 11.9 Å². The van der Waals surface area contributed by atoms with Gasteiger partial charge in [-0.3, -0.25) is 9.59 Å². The molecule has 0 saturated heterocycles. The standard InChI is InChI=1S/C22H25NO4/c1-13-6-7-18(14(2)10-13)12-26-15(3)21(24)17-8-9-20-19(11-17)23(5)22(25)16(4)27-20/h6-11,15-16H,12H2,1-5H3. The number of ether oxygens (including phenoxy) is 2. The summed E-state index contributed by atoms with van der Waals surface area (Å²) in [5, 5.41) is 0. The van der Waals surface area contributed by atoms with Crippen LogP contribution in [0.3, 0.4) is 0 Å². The van der Waals surface area contributed by atoms with Crippen molar-refractivity contribution in [3.63, 3.8) is 0 Å². The van der Waals surface area contributed by atoms with E-state index in [1.54, 1.807) is 39.1 Å². The average Bonchev–Trinajstić information content (AvgIpc) is 2.64. The summed E-state index contributed by atoms with van der Waals surface area (Å²) in [5.74, 6) is 0.346. The van der Waals surface area contributed by atoms with Crippen molar-refractivity contribution in [1.82, 2.24) is 0 Å². The number of carbonyl (C=O) groups is 2. The zero-order chi connectivity index (χ0) is 19.7. The second-order valence-corrected chi connectivity index (χ2v) is 7.09. The van der Waals surface area contributed by atoms with Crippen LogP contribution < -0.4 is 9.64 Å². The Morgan fingerprint density at radius 3 is 2.67 bits per heavy atom. The van der Waals surface area contributed by atoms with E-state index in [2.05, 4.69) is 6.07 Å². The number of Topliss-reactive ketones (excluding diaryl/α,β-unsaturated/α-hetero) is 1. The van der Waals surface area contributed by atoms with Gasteiger partial charge >= 0.3 is 0 Å². The van der Waals surface area contributed by atoms with Crippen LogP contribution in [-0.4, -0.2) is 30.9 Å². The molecule has 2 aromatic rings. The molecule has 0 fully saturated rings. The van der Waals surface area contributed by atoms with Gasteiger partial charge in [-0.05, 0) is 57.0 Å². The zero-order valence-corrected chi connectivity index (χ0v) is 16.4. The van der Waals surface area contributed by atoms with Crippen LogP contribution in [0.4, 0.5) is 5.69 Å². The van der Waals surface area contributed by atoms with Gasteiger partial charge in [-0.15, -0.1) is 0 Å². The fraction of sp³-hybridized carbons (Fsp3) is 0.364. The van der Waals surface area contributed by atoms with Crippen LogP contribution in [0.5, 0.6) is 5.75 Å². The topological polar surface area (TPSA) is 55.8 Å². The Bertz CT molecular complexity index is 890. The summed E-state index contributed by atoms with van der Waals surface area (Å²) in [4.78, 5) is 26.4. The molecule has 142 valence electrons. The number of benzene rings is 2. The first-order valence-corrected chi connectivity index (χ1v) is 9.08. The molecule has 1 amide bonds. The van der Waals surface area contributed by atoms with E-state index in [0.29, 0.717) is 23.6 Å². The van der Waals surface area contributed by atoms with E-state index >= 15 is 0 Å². The number of carbonyl (C=O) groups excluding carboxylic acids is 2. The second kappa shape index (κ2) is 7.53. The van der Waals surface area contributed by atoms with Crippen LogP contribution in [0.15, 0.2) is 36.4 Å². The molecule has 27 heavy (non-hydrogen) atoms. The SMILES string of the molecule is Cc1ccc(COC(C)C(=O)c2ccc3c(c2)N(C)C(=O)C(C)O3)c(C)c1. The van der Waals surface area contributed by atoms with Crippen LogP contribution >= 0.6 is 0 Å². The molecule has 0 N–H and O–H groups in total. The molecule has 0 aromatic heterocycles. The molecule has 3 rings (SSSR count). The monoisotopic (exact) mass is 367 g/mol. The van der Waals surface area contributed by atoms with Crippen molar-refractivity contribution >= 4 is 17.4 Å². The van der Waals surface area contributed by atoms with Crippen LogP contribution in [0.2, 0.25) is 0 Å². The highest BCUT2D eigenvalue weighted by molar-refractivity contribution is 6.04. The lowest BCUT2D eigenvalue weighted by atomic mass is 10.0. The molecular weight excluding hydrogens is 342 g/mol. The maximum Gasteiger partial charge on any atom is 0.267 e. The summed E-state index contributed by atoms with van der Waals surface area (Å²) in [6, 6.07) is 11.3. The van der Waals surface area contributed by atoms with Crippen molar-refractivity contribution in [2.24, 2.45) is 0 Å². The first kappa shape index (κ1) is 19.1. The minimum absolute atomic E-state index is 0.123. The van der Waals surface area contributed by atoms with Crippen molar-refractivity contribution < 1.29 is 19.1 Å². The number of likely N-dealkylation sites (N-methyl/N-ethyl adjacent to an activating group) is 1. The fourth-order valence-electron chi connectivity index (χ4n) is 3.20. The highest BCUT2D eigenvalue weighted by Gasteiger charge is 2.30. The predicted octanol–water partition coefficient (Wildman–Crippen LogP) is 3.84. The van der Waals surface area contributed by atoms with Crippen LogP contribution in [0.1, 0.15) is 40.9 Å². The molecule has 0 saturated carbocycles. The third kappa shape index (κ3) is 3.88. The summed E-state index contributed by atoms with van der Waals surface area (Å²) in [6.07, 6.45) is -1.11. The molecule has 2 unspecified atom stereocenters. The predicted molar refractivity (Wildman–Crippen MR) is 104 cm³/mol.